The number of hydrogen-bond acceptors (Lipinski definition) is 2. The normalized spacial score (nSPS) is 10.2. The Labute approximate surface area is 141 Å². The summed E-state index contributed by atoms with van der Waals surface area (Å²) in [5.74, 6) is 0.825. The fraction of sp³-hybridized carbons (Fsp3) is 0.278. The molecule has 0 bridgehead atoms. The number of aryl methyl sites for hydroxylation is 2. The number of ether oxygens (including phenoxy) is 1. The SMILES string of the molecule is Cc1cc(C)cc(OCCNC(=O)NCc2ccc(Cl)cc2)c1. The highest BCUT2D eigenvalue weighted by Gasteiger charge is 2.01. The average molecular weight is 333 g/mol. The maximum Gasteiger partial charge on any atom is 0.315 e. The minimum atomic E-state index is -0.219. The Balaban J connectivity index is 1.65. The zero-order valence-electron chi connectivity index (χ0n) is 13.4. The highest BCUT2D eigenvalue weighted by Crippen LogP contribution is 2.15. The van der Waals surface area contributed by atoms with Crippen LogP contribution in [-0.2, 0) is 6.54 Å². The Morgan fingerprint density at radius 2 is 1.70 bits per heavy atom. The van der Waals surface area contributed by atoms with Crippen LogP contribution in [-0.4, -0.2) is 19.2 Å². The first-order valence-electron chi connectivity index (χ1n) is 7.50. The number of carbonyl (C=O) groups is 1. The van der Waals surface area contributed by atoms with Crippen LogP contribution in [0, 0.1) is 13.8 Å². The molecule has 0 aliphatic heterocycles. The summed E-state index contributed by atoms with van der Waals surface area (Å²) in [4.78, 5) is 11.7. The first-order valence-corrected chi connectivity index (χ1v) is 7.88. The number of urea groups is 1. The molecular formula is C18H21ClN2O2. The lowest BCUT2D eigenvalue weighted by molar-refractivity contribution is 0.236. The second-order valence-electron chi connectivity index (χ2n) is 5.41. The van der Waals surface area contributed by atoms with Crippen LogP contribution in [0.3, 0.4) is 0 Å². The van der Waals surface area contributed by atoms with E-state index in [2.05, 4.69) is 16.7 Å². The molecule has 4 nitrogen and oxygen atoms in total. The van der Waals surface area contributed by atoms with E-state index in [1.54, 1.807) is 12.1 Å². The maximum absolute atomic E-state index is 11.7. The van der Waals surface area contributed by atoms with Crippen molar-refractivity contribution in [3.8, 4) is 5.75 Å². The average Bonchev–Trinajstić information content (AvgIpc) is 2.50. The zero-order valence-corrected chi connectivity index (χ0v) is 14.1. The van der Waals surface area contributed by atoms with Gasteiger partial charge in [0, 0.05) is 11.6 Å². The van der Waals surface area contributed by atoms with Crippen LogP contribution in [0.15, 0.2) is 42.5 Å². The van der Waals surface area contributed by atoms with Crippen molar-refractivity contribution in [2.45, 2.75) is 20.4 Å². The van der Waals surface area contributed by atoms with Crippen molar-refractivity contribution in [2.75, 3.05) is 13.2 Å². The van der Waals surface area contributed by atoms with E-state index in [9.17, 15) is 4.79 Å². The van der Waals surface area contributed by atoms with Crippen molar-refractivity contribution >= 4 is 17.6 Å². The number of rotatable bonds is 6. The third-order valence-electron chi connectivity index (χ3n) is 3.22. The van der Waals surface area contributed by atoms with E-state index in [1.807, 2.05) is 38.1 Å². The van der Waals surface area contributed by atoms with Gasteiger partial charge in [-0.05, 0) is 54.8 Å². The van der Waals surface area contributed by atoms with Crippen LogP contribution < -0.4 is 15.4 Å². The molecule has 0 radical (unpaired) electrons. The number of hydrogen-bond donors (Lipinski definition) is 2. The highest BCUT2D eigenvalue weighted by molar-refractivity contribution is 6.30. The molecule has 23 heavy (non-hydrogen) atoms. The van der Waals surface area contributed by atoms with Crippen molar-refractivity contribution in [1.82, 2.24) is 10.6 Å². The van der Waals surface area contributed by atoms with Gasteiger partial charge in [-0.3, -0.25) is 0 Å². The first kappa shape index (κ1) is 17.2. The Kier molecular flexibility index (Phi) is 6.29. The molecule has 2 aromatic carbocycles. The highest BCUT2D eigenvalue weighted by atomic mass is 35.5. The quantitative estimate of drug-likeness (QED) is 0.790. The van der Waals surface area contributed by atoms with E-state index in [1.165, 1.54) is 0 Å². The van der Waals surface area contributed by atoms with Crippen molar-refractivity contribution in [3.63, 3.8) is 0 Å². The molecule has 0 aliphatic carbocycles. The topological polar surface area (TPSA) is 50.4 Å². The van der Waals surface area contributed by atoms with Crippen LogP contribution in [0.5, 0.6) is 5.75 Å². The standard InChI is InChI=1S/C18H21ClN2O2/c1-13-9-14(2)11-17(10-13)23-8-7-20-18(22)21-12-15-3-5-16(19)6-4-15/h3-6,9-11H,7-8,12H2,1-2H3,(H2,20,21,22). The minimum absolute atomic E-state index is 0.219. The molecule has 122 valence electrons. The van der Waals surface area contributed by atoms with Crippen LogP contribution in [0.2, 0.25) is 5.02 Å². The van der Waals surface area contributed by atoms with Crippen molar-refractivity contribution in [1.29, 1.82) is 0 Å². The van der Waals surface area contributed by atoms with Crippen molar-refractivity contribution in [2.24, 2.45) is 0 Å². The number of nitrogens with one attached hydrogen (secondary N) is 2. The predicted octanol–water partition coefficient (Wildman–Crippen LogP) is 3.84. The third kappa shape index (κ3) is 6.20. The molecule has 0 unspecified atom stereocenters. The summed E-state index contributed by atoms with van der Waals surface area (Å²) in [6.07, 6.45) is 0. The first-order chi connectivity index (χ1) is 11.0. The molecule has 0 heterocycles. The molecule has 0 aromatic heterocycles. The molecule has 0 aliphatic rings. The smallest absolute Gasteiger partial charge is 0.315 e. The van der Waals surface area contributed by atoms with Crippen LogP contribution >= 0.6 is 11.6 Å². The summed E-state index contributed by atoms with van der Waals surface area (Å²) in [5, 5.41) is 6.23. The Morgan fingerprint density at radius 3 is 2.35 bits per heavy atom. The molecule has 2 N–H and O–H groups in total. The van der Waals surface area contributed by atoms with Gasteiger partial charge >= 0.3 is 6.03 Å². The van der Waals surface area contributed by atoms with E-state index in [0.717, 1.165) is 22.4 Å². The number of amides is 2. The van der Waals surface area contributed by atoms with E-state index in [4.69, 9.17) is 16.3 Å². The van der Waals surface area contributed by atoms with Gasteiger partial charge in [-0.2, -0.15) is 0 Å². The Bertz CT molecular complexity index is 636. The lowest BCUT2D eigenvalue weighted by Gasteiger charge is -2.10. The molecular weight excluding hydrogens is 312 g/mol. The molecule has 5 heteroatoms. The fourth-order valence-electron chi connectivity index (χ4n) is 2.20. The zero-order chi connectivity index (χ0) is 16.7. The van der Waals surface area contributed by atoms with E-state index in [-0.39, 0.29) is 6.03 Å². The molecule has 2 aromatic rings. The number of halogens is 1. The Hall–Kier alpha value is -2.20. The second-order valence-corrected chi connectivity index (χ2v) is 5.84. The minimum Gasteiger partial charge on any atom is -0.492 e. The second kappa shape index (κ2) is 8.44. The number of carbonyl (C=O) groups excluding carboxylic acids is 1. The molecule has 2 rings (SSSR count). The summed E-state index contributed by atoms with van der Waals surface area (Å²) in [5.41, 5.74) is 3.32. The fourth-order valence-corrected chi connectivity index (χ4v) is 2.32. The lowest BCUT2D eigenvalue weighted by atomic mass is 10.1. The van der Waals surface area contributed by atoms with Crippen LogP contribution in [0.25, 0.3) is 0 Å². The van der Waals surface area contributed by atoms with Gasteiger partial charge in [0.15, 0.2) is 0 Å². The maximum atomic E-state index is 11.7. The van der Waals surface area contributed by atoms with Gasteiger partial charge in [0.1, 0.15) is 12.4 Å². The van der Waals surface area contributed by atoms with Gasteiger partial charge in [-0.1, -0.05) is 29.8 Å². The third-order valence-corrected chi connectivity index (χ3v) is 3.47. The van der Waals surface area contributed by atoms with Gasteiger partial charge in [0.05, 0.1) is 6.54 Å². The molecule has 0 saturated heterocycles. The van der Waals surface area contributed by atoms with E-state index < -0.39 is 0 Å². The van der Waals surface area contributed by atoms with Crippen LogP contribution in [0.1, 0.15) is 16.7 Å². The monoisotopic (exact) mass is 332 g/mol. The Morgan fingerprint density at radius 1 is 1.04 bits per heavy atom. The molecule has 0 spiro atoms. The summed E-state index contributed by atoms with van der Waals surface area (Å²) < 4.78 is 5.64. The van der Waals surface area contributed by atoms with Crippen LogP contribution in [0.4, 0.5) is 4.79 Å². The molecule has 0 saturated carbocycles. The lowest BCUT2D eigenvalue weighted by Crippen LogP contribution is -2.37. The van der Waals surface area contributed by atoms with E-state index in [0.29, 0.717) is 24.7 Å². The largest absolute Gasteiger partial charge is 0.492 e. The summed E-state index contributed by atoms with van der Waals surface area (Å²) in [6.45, 7) is 5.39. The summed E-state index contributed by atoms with van der Waals surface area (Å²) >= 11 is 5.82. The van der Waals surface area contributed by atoms with Gasteiger partial charge in [-0.25, -0.2) is 4.79 Å². The van der Waals surface area contributed by atoms with Crippen molar-refractivity contribution < 1.29 is 9.53 Å². The summed E-state index contributed by atoms with van der Waals surface area (Å²) in [6, 6.07) is 13.2. The van der Waals surface area contributed by atoms with E-state index >= 15 is 0 Å². The molecule has 0 fully saturated rings. The number of benzene rings is 2. The predicted molar refractivity (Wildman–Crippen MR) is 93.1 cm³/mol. The van der Waals surface area contributed by atoms with Crippen molar-refractivity contribution in [3.05, 3.63) is 64.2 Å². The van der Waals surface area contributed by atoms with Gasteiger partial charge in [0.25, 0.3) is 0 Å². The molecule has 2 amide bonds. The van der Waals surface area contributed by atoms with Gasteiger partial charge < -0.3 is 15.4 Å². The molecule has 0 atom stereocenters. The summed E-state index contributed by atoms with van der Waals surface area (Å²) in [7, 11) is 0. The van der Waals surface area contributed by atoms with Gasteiger partial charge in [-0.15, -0.1) is 0 Å². The van der Waals surface area contributed by atoms with Gasteiger partial charge in [0.2, 0.25) is 0 Å².